The van der Waals surface area contributed by atoms with E-state index >= 15 is 0 Å². The van der Waals surface area contributed by atoms with Crippen molar-refractivity contribution in [3.63, 3.8) is 0 Å². The van der Waals surface area contributed by atoms with Gasteiger partial charge < -0.3 is 16.8 Å². The number of nitrogens with one attached hydrogen (secondary N) is 1. The van der Waals surface area contributed by atoms with E-state index in [1.807, 2.05) is 0 Å². The molecule has 0 bridgehead atoms. The molecule has 5 heteroatoms. The lowest BCUT2D eigenvalue weighted by Crippen LogP contribution is -2.25. The number of rotatable bonds is 5. The van der Waals surface area contributed by atoms with E-state index in [1.54, 1.807) is 24.3 Å². The van der Waals surface area contributed by atoms with E-state index in [-0.39, 0.29) is 5.91 Å². The van der Waals surface area contributed by atoms with Gasteiger partial charge in [0.25, 0.3) is 0 Å². The van der Waals surface area contributed by atoms with Crippen LogP contribution in [0.15, 0.2) is 24.3 Å². The Morgan fingerprint density at radius 2 is 1.81 bits per heavy atom. The van der Waals surface area contributed by atoms with Crippen LogP contribution in [0.2, 0.25) is 0 Å². The van der Waals surface area contributed by atoms with Gasteiger partial charge in [0, 0.05) is 25.1 Å². The Hall–Kier alpha value is -1.88. The molecule has 0 heterocycles. The van der Waals surface area contributed by atoms with Gasteiger partial charge in [-0.1, -0.05) is 12.1 Å². The van der Waals surface area contributed by atoms with Gasteiger partial charge in [-0.05, 0) is 17.7 Å². The van der Waals surface area contributed by atoms with E-state index in [1.165, 1.54) is 0 Å². The number of hydrogen-bond donors (Lipinski definition) is 3. The van der Waals surface area contributed by atoms with Crippen LogP contribution in [-0.4, -0.2) is 18.4 Å². The Morgan fingerprint density at radius 3 is 2.31 bits per heavy atom. The van der Waals surface area contributed by atoms with Crippen LogP contribution in [0.5, 0.6) is 0 Å². The summed E-state index contributed by atoms with van der Waals surface area (Å²) in [6.07, 6.45) is 0.319. The normalized spacial score (nSPS) is 9.81. The van der Waals surface area contributed by atoms with Crippen LogP contribution in [0.3, 0.4) is 0 Å². The highest BCUT2D eigenvalue weighted by molar-refractivity contribution is 5.92. The summed E-state index contributed by atoms with van der Waals surface area (Å²) >= 11 is 0. The molecule has 0 saturated carbocycles. The van der Waals surface area contributed by atoms with Gasteiger partial charge in [-0.2, -0.15) is 0 Å². The lowest BCUT2D eigenvalue weighted by atomic mass is 10.1. The van der Waals surface area contributed by atoms with Gasteiger partial charge in [-0.15, -0.1) is 0 Å². The molecule has 0 spiro atoms. The molecule has 0 aliphatic carbocycles. The monoisotopic (exact) mass is 221 g/mol. The van der Waals surface area contributed by atoms with E-state index in [4.69, 9.17) is 11.5 Å². The van der Waals surface area contributed by atoms with E-state index in [0.717, 1.165) is 5.56 Å². The summed E-state index contributed by atoms with van der Waals surface area (Å²) in [6, 6.07) is 6.77. The zero-order valence-corrected chi connectivity index (χ0v) is 8.90. The molecule has 1 rings (SSSR count). The summed E-state index contributed by atoms with van der Waals surface area (Å²) in [6.45, 7) is 0.768. The van der Waals surface area contributed by atoms with Crippen LogP contribution in [0.1, 0.15) is 22.3 Å². The first-order valence-electron chi connectivity index (χ1n) is 4.99. The van der Waals surface area contributed by atoms with Crippen LogP contribution in [0.25, 0.3) is 0 Å². The van der Waals surface area contributed by atoms with Crippen molar-refractivity contribution in [3.8, 4) is 0 Å². The van der Waals surface area contributed by atoms with Crippen molar-refractivity contribution in [1.82, 2.24) is 5.32 Å². The van der Waals surface area contributed by atoms with Gasteiger partial charge in [0.05, 0.1) is 0 Å². The van der Waals surface area contributed by atoms with Crippen molar-refractivity contribution in [2.45, 2.75) is 13.0 Å². The molecule has 0 fully saturated rings. The second-order valence-electron chi connectivity index (χ2n) is 3.38. The van der Waals surface area contributed by atoms with Gasteiger partial charge >= 0.3 is 0 Å². The first kappa shape index (κ1) is 12.2. The Bertz CT molecular complexity index is 373. The Kier molecular flexibility index (Phi) is 4.47. The molecule has 0 aromatic heterocycles. The summed E-state index contributed by atoms with van der Waals surface area (Å²) in [5.41, 5.74) is 11.7. The number of primary amides is 1. The van der Waals surface area contributed by atoms with Crippen molar-refractivity contribution < 1.29 is 9.59 Å². The molecule has 86 valence electrons. The van der Waals surface area contributed by atoms with Crippen molar-refractivity contribution >= 4 is 11.8 Å². The lowest BCUT2D eigenvalue weighted by Gasteiger charge is -2.04. The van der Waals surface area contributed by atoms with E-state index in [2.05, 4.69) is 5.32 Å². The summed E-state index contributed by atoms with van der Waals surface area (Å²) in [7, 11) is 0. The molecule has 0 unspecified atom stereocenters. The van der Waals surface area contributed by atoms with Crippen molar-refractivity contribution in [1.29, 1.82) is 0 Å². The summed E-state index contributed by atoms with van der Waals surface area (Å²) < 4.78 is 0. The number of amides is 2. The van der Waals surface area contributed by atoms with Crippen LogP contribution in [0, 0.1) is 0 Å². The summed E-state index contributed by atoms with van der Waals surface area (Å²) in [4.78, 5) is 21.9. The van der Waals surface area contributed by atoms with E-state index in [0.29, 0.717) is 25.1 Å². The topological polar surface area (TPSA) is 98.2 Å². The number of carbonyl (C=O) groups is 2. The van der Waals surface area contributed by atoms with Gasteiger partial charge in [0.15, 0.2) is 0 Å². The highest BCUT2D eigenvalue weighted by Gasteiger charge is 2.01. The SMILES string of the molecule is NCCC(=O)NCc1ccc(C(N)=O)cc1. The molecule has 5 nitrogen and oxygen atoms in total. The van der Waals surface area contributed by atoms with Gasteiger partial charge in [0.1, 0.15) is 0 Å². The van der Waals surface area contributed by atoms with E-state index in [9.17, 15) is 9.59 Å². The molecule has 16 heavy (non-hydrogen) atoms. The largest absolute Gasteiger partial charge is 0.366 e. The minimum absolute atomic E-state index is 0.0820. The standard InChI is InChI=1S/C11H15N3O2/c12-6-5-10(15)14-7-8-1-3-9(4-2-8)11(13)16/h1-4H,5-7,12H2,(H2,13,16)(H,14,15). The maximum atomic E-state index is 11.1. The van der Waals surface area contributed by atoms with Crippen molar-refractivity contribution in [3.05, 3.63) is 35.4 Å². The fraction of sp³-hybridized carbons (Fsp3) is 0.273. The lowest BCUT2D eigenvalue weighted by molar-refractivity contribution is -0.121. The molecule has 5 N–H and O–H groups in total. The number of nitrogens with two attached hydrogens (primary N) is 2. The average Bonchev–Trinajstić information content (AvgIpc) is 2.27. The zero-order valence-electron chi connectivity index (χ0n) is 8.90. The first-order chi connectivity index (χ1) is 7.63. The molecule has 0 aliphatic heterocycles. The fourth-order valence-corrected chi connectivity index (χ4v) is 1.21. The molecule has 1 aromatic carbocycles. The van der Waals surface area contributed by atoms with Gasteiger partial charge in [-0.3, -0.25) is 9.59 Å². The molecule has 1 aromatic rings. The fourth-order valence-electron chi connectivity index (χ4n) is 1.21. The minimum Gasteiger partial charge on any atom is -0.366 e. The van der Waals surface area contributed by atoms with Crippen molar-refractivity contribution in [2.24, 2.45) is 11.5 Å². The summed E-state index contributed by atoms with van der Waals surface area (Å²) in [5.74, 6) is -0.541. The maximum Gasteiger partial charge on any atom is 0.248 e. The third-order valence-electron chi connectivity index (χ3n) is 2.10. The van der Waals surface area contributed by atoms with Crippen LogP contribution < -0.4 is 16.8 Å². The highest BCUT2D eigenvalue weighted by atomic mass is 16.1. The van der Waals surface area contributed by atoms with Gasteiger partial charge in [-0.25, -0.2) is 0 Å². The quantitative estimate of drug-likeness (QED) is 0.639. The third-order valence-corrected chi connectivity index (χ3v) is 2.10. The molecule has 0 saturated heterocycles. The van der Waals surface area contributed by atoms with Crippen LogP contribution in [0.4, 0.5) is 0 Å². The predicted octanol–water partition coefficient (Wildman–Crippen LogP) is -0.249. The minimum atomic E-state index is -0.460. The third kappa shape index (κ3) is 3.70. The van der Waals surface area contributed by atoms with E-state index < -0.39 is 5.91 Å². The predicted molar refractivity (Wildman–Crippen MR) is 60.5 cm³/mol. The number of hydrogen-bond acceptors (Lipinski definition) is 3. The number of benzene rings is 1. The molecule has 0 atom stereocenters. The van der Waals surface area contributed by atoms with Crippen LogP contribution >= 0.6 is 0 Å². The molecule has 0 aliphatic rings. The maximum absolute atomic E-state index is 11.1. The van der Waals surface area contributed by atoms with Crippen molar-refractivity contribution in [2.75, 3.05) is 6.54 Å². The smallest absolute Gasteiger partial charge is 0.248 e. The van der Waals surface area contributed by atoms with Gasteiger partial charge in [0.2, 0.25) is 11.8 Å². The molecular formula is C11H15N3O2. The van der Waals surface area contributed by atoms with Crippen LogP contribution in [-0.2, 0) is 11.3 Å². The Labute approximate surface area is 93.8 Å². The average molecular weight is 221 g/mol. The molecule has 2 amide bonds. The summed E-state index contributed by atoms with van der Waals surface area (Å²) in [5, 5.41) is 2.71. The first-order valence-corrected chi connectivity index (χ1v) is 4.99. The zero-order chi connectivity index (χ0) is 12.0. The highest BCUT2D eigenvalue weighted by Crippen LogP contribution is 2.03. The Morgan fingerprint density at radius 1 is 1.19 bits per heavy atom. The molecular weight excluding hydrogens is 206 g/mol. The second-order valence-corrected chi connectivity index (χ2v) is 3.38. The Balaban J connectivity index is 2.49. The second kappa shape index (κ2) is 5.87. The molecule has 0 radical (unpaired) electrons. The number of carbonyl (C=O) groups excluding carboxylic acids is 2.